The zero-order chi connectivity index (χ0) is 14.2. The molecule has 0 spiro atoms. The number of rotatable bonds is 2. The van der Waals surface area contributed by atoms with E-state index in [1.165, 1.54) is 19.2 Å². The van der Waals surface area contributed by atoms with Crippen LogP contribution in [0.4, 0.5) is 4.39 Å². The minimum Gasteiger partial charge on any atom is -0.482 e. The molecular weight excluding hydrogens is 271 g/mol. The summed E-state index contributed by atoms with van der Waals surface area (Å²) in [4.78, 5) is 4.20. The molecule has 0 amide bonds. The van der Waals surface area contributed by atoms with E-state index < -0.39 is 11.9 Å². The van der Waals surface area contributed by atoms with Crippen LogP contribution in [-0.2, 0) is 4.74 Å². The zero-order valence-corrected chi connectivity index (χ0v) is 11.1. The summed E-state index contributed by atoms with van der Waals surface area (Å²) in [5, 5.41) is 17.7. The molecule has 2 aromatic rings. The van der Waals surface area contributed by atoms with E-state index in [-0.39, 0.29) is 21.9 Å². The number of benzene rings is 1. The van der Waals surface area contributed by atoms with Gasteiger partial charge in [-0.05, 0) is 19.1 Å². The molecule has 1 heterocycles. The molecule has 2 N–H and O–H groups in total. The van der Waals surface area contributed by atoms with Gasteiger partial charge in [0.15, 0.2) is 6.10 Å². The van der Waals surface area contributed by atoms with E-state index in [1.54, 1.807) is 13.0 Å². The maximum atomic E-state index is 13.8. The average molecular weight is 283 g/mol. The van der Waals surface area contributed by atoms with Crippen molar-refractivity contribution in [3.8, 4) is 0 Å². The van der Waals surface area contributed by atoms with Gasteiger partial charge in [0.25, 0.3) is 0 Å². The van der Waals surface area contributed by atoms with Gasteiger partial charge in [0.05, 0.1) is 23.0 Å². The molecule has 2 rings (SSSR count). The third-order valence-corrected chi connectivity index (χ3v) is 3.26. The van der Waals surface area contributed by atoms with Gasteiger partial charge >= 0.3 is 0 Å². The Morgan fingerprint density at radius 1 is 1.53 bits per heavy atom. The van der Waals surface area contributed by atoms with E-state index in [0.717, 1.165) is 0 Å². The summed E-state index contributed by atoms with van der Waals surface area (Å²) in [6, 6.07) is 4.44. The van der Waals surface area contributed by atoms with Crippen molar-refractivity contribution in [1.82, 2.24) is 4.98 Å². The number of aromatic nitrogens is 1. The third kappa shape index (κ3) is 2.27. The molecular formula is C13H12ClFN2O2. The van der Waals surface area contributed by atoms with Crippen molar-refractivity contribution in [3.63, 3.8) is 0 Å². The van der Waals surface area contributed by atoms with Crippen molar-refractivity contribution < 1.29 is 14.2 Å². The van der Waals surface area contributed by atoms with E-state index in [2.05, 4.69) is 9.72 Å². The summed E-state index contributed by atoms with van der Waals surface area (Å²) in [7, 11) is 1.27. The normalized spacial score (nSPS) is 12.5. The van der Waals surface area contributed by atoms with Gasteiger partial charge in [-0.3, -0.25) is 10.4 Å². The SMILES string of the molecule is COC(=N)C(O)c1c(C)nc2cccc(F)c2c1Cl. The first kappa shape index (κ1) is 13.7. The zero-order valence-electron chi connectivity index (χ0n) is 10.4. The molecule has 0 aliphatic heterocycles. The molecule has 0 radical (unpaired) electrons. The van der Waals surface area contributed by atoms with Crippen LogP contribution in [0, 0.1) is 18.2 Å². The number of nitrogens with zero attached hydrogens (tertiary/aromatic N) is 1. The quantitative estimate of drug-likeness (QED) is 0.657. The molecule has 4 nitrogen and oxygen atoms in total. The van der Waals surface area contributed by atoms with Crippen LogP contribution >= 0.6 is 11.6 Å². The summed E-state index contributed by atoms with van der Waals surface area (Å²) in [6.45, 7) is 1.64. The van der Waals surface area contributed by atoms with E-state index in [9.17, 15) is 9.50 Å². The summed E-state index contributed by atoms with van der Waals surface area (Å²) in [5.41, 5.74) is 1.02. The second-order valence-corrected chi connectivity index (χ2v) is 4.41. The highest BCUT2D eigenvalue weighted by molar-refractivity contribution is 6.36. The second kappa shape index (κ2) is 5.11. The number of fused-ring (bicyclic) bond motifs is 1. The van der Waals surface area contributed by atoms with Gasteiger partial charge < -0.3 is 9.84 Å². The molecule has 0 saturated heterocycles. The summed E-state index contributed by atoms with van der Waals surface area (Å²) < 4.78 is 18.5. The largest absolute Gasteiger partial charge is 0.482 e. The van der Waals surface area contributed by atoms with Crippen LogP contribution in [0.25, 0.3) is 10.9 Å². The topological polar surface area (TPSA) is 66.2 Å². The van der Waals surface area contributed by atoms with Crippen LogP contribution in [0.15, 0.2) is 18.2 Å². The number of hydrogen-bond acceptors (Lipinski definition) is 4. The van der Waals surface area contributed by atoms with Gasteiger partial charge in [0, 0.05) is 11.3 Å². The first-order valence-corrected chi connectivity index (χ1v) is 5.90. The van der Waals surface area contributed by atoms with Gasteiger partial charge in [-0.1, -0.05) is 17.7 Å². The van der Waals surface area contributed by atoms with E-state index in [1.807, 2.05) is 0 Å². The molecule has 0 bridgehead atoms. The molecule has 1 aromatic heterocycles. The van der Waals surface area contributed by atoms with Crippen LogP contribution in [0.2, 0.25) is 5.02 Å². The van der Waals surface area contributed by atoms with Crippen molar-refractivity contribution in [2.24, 2.45) is 0 Å². The average Bonchev–Trinajstić information content (AvgIpc) is 2.37. The fourth-order valence-corrected chi connectivity index (χ4v) is 2.35. The molecule has 0 saturated carbocycles. The van der Waals surface area contributed by atoms with Gasteiger partial charge in [0.1, 0.15) is 5.82 Å². The van der Waals surface area contributed by atoms with Gasteiger partial charge in [0.2, 0.25) is 5.90 Å². The Hall–Kier alpha value is -1.72. The minimum atomic E-state index is -1.37. The van der Waals surface area contributed by atoms with Crippen molar-refractivity contribution in [3.05, 3.63) is 40.3 Å². The highest BCUT2D eigenvalue weighted by Gasteiger charge is 2.23. The van der Waals surface area contributed by atoms with E-state index >= 15 is 0 Å². The Labute approximate surface area is 114 Å². The van der Waals surface area contributed by atoms with Gasteiger partial charge in [-0.15, -0.1) is 0 Å². The van der Waals surface area contributed by atoms with Crippen LogP contribution in [-0.4, -0.2) is 23.1 Å². The number of nitrogens with one attached hydrogen (secondary N) is 1. The van der Waals surface area contributed by atoms with Crippen molar-refractivity contribution in [2.75, 3.05) is 7.11 Å². The lowest BCUT2D eigenvalue weighted by atomic mass is 10.0. The lowest BCUT2D eigenvalue weighted by Crippen LogP contribution is -2.15. The highest BCUT2D eigenvalue weighted by atomic mass is 35.5. The number of methoxy groups -OCH3 is 1. The first-order valence-electron chi connectivity index (χ1n) is 5.52. The van der Waals surface area contributed by atoms with Crippen LogP contribution < -0.4 is 0 Å². The molecule has 1 aromatic carbocycles. The Bertz CT molecular complexity index is 661. The Morgan fingerprint density at radius 3 is 2.84 bits per heavy atom. The number of aliphatic hydroxyl groups excluding tert-OH is 1. The summed E-state index contributed by atoms with van der Waals surface area (Å²) in [5.74, 6) is -0.894. The molecule has 1 atom stereocenters. The van der Waals surface area contributed by atoms with Gasteiger partial charge in [-0.25, -0.2) is 4.39 Å². The fraction of sp³-hybridized carbons (Fsp3) is 0.231. The molecule has 0 aliphatic rings. The Morgan fingerprint density at radius 2 is 2.21 bits per heavy atom. The Kier molecular flexibility index (Phi) is 3.68. The maximum Gasteiger partial charge on any atom is 0.214 e. The number of aliphatic hydroxyl groups is 1. The lowest BCUT2D eigenvalue weighted by molar-refractivity contribution is 0.204. The summed E-state index contributed by atoms with van der Waals surface area (Å²) in [6.07, 6.45) is -1.37. The highest BCUT2D eigenvalue weighted by Crippen LogP contribution is 2.34. The predicted octanol–water partition coefficient (Wildman–Crippen LogP) is 2.99. The number of aryl methyl sites for hydroxylation is 1. The van der Waals surface area contributed by atoms with Crippen LogP contribution in [0.3, 0.4) is 0 Å². The van der Waals surface area contributed by atoms with Crippen LogP contribution in [0.1, 0.15) is 17.4 Å². The number of pyridine rings is 1. The van der Waals surface area contributed by atoms with E-state index in [0.29, 0.717) is 11.2 Å². The predicted molar refractivity (Wildman–Crippen MR) is 71.1 cm³/mol. The fourth-order valence-electron chi connectivity index (χ4n) is 1.92. The smallest absolute Gasteiger partial charge is 0.214 e. The molecule has 100 valence electrons. The van der Waals surface area contributed by atoms with Gasteiger partial charge in [-0.2, -0.15) is 0 Å². The van der Waals surface area contributed by atoms with Crippen LogP contribution in [0.5, 0.6) is 0 Å². The Balaban J connectivity index is 2.75. The molecule has 0 fully saturated rings. The summed E-state index contributed by atoms with van der Waals surface area (Å²) >= 11 is 6.16. The second-order valence-electron chi connectivity index (χ2n) is 4.03. The van der Waals surface area contributed by atoms with Crippen molar-refractivity contribution in [2.45, 2.75) is 13.0 Å². The first-order chi connectivity index (χ1) is 8.97. The minimum absolute atomic E-state index is 0.0508. The standard InChI is InChI=1S/C13H12ClFN2O2/c1-6-9(12(18)13(16)19-2)11(14)10-7(15)4-3-5-8(10)17-6/h3-5,12,16,18H,1-2H3. The number of halogens is 2. The maximum absolute atomic E-state index is 13.8. The molecule has 1 unspecified atom stereocenters. The third-order valence-electron chi connectivity index (χ3n) is 2.87. The molecule has 6 heteroatoms. The number of hydrogen-bond donors (Lipinski definition) is 2. The number of ether oxygens (including phenoxy) is 1. The van der Waals surface area contributed by atoms with E-state index in [4.69, 9.17) is 17.0 Å². The van der Waals surface area contributed by atoms with Crippen molar-refractivity contribution >= 4 is 28.4 Å². The van der Waals surface area contributed by atoms with Crippen molar-refractivity contribution in [1.29, 1.82) is 5.41 Å². The monoisotopic (exact) mass is 282 g/mol. The lowest BCUT2D eigenvalue weighted by Gasteiger charge is -2.16. The molecule has 0 aliphatic carbocycles. The molecule has 19 heavy (non-hydrogen) atoms.